The van der Waals surface area contributed by atoms with Crippen LogP contribution in [0.1, 0.15) is 5.56 Å². The third kappa shape index (κ3) is 3.36. The van der Waals surface area contributed by atoms with Gasteiger partial charge >= 0.3 is 0 Å². The Morgan fingerprint density at radius 1 is 1.37 bits per heavy atom. The number of hydrogen-bond acceptors (Lipinski definition) is 3. The van der Waals surface area contributed by atoms with Crippen LogP contribution in [0.4, 0.5) is 8.78 Å². The van der Waals surface area contributed by atoms with Crippen LogP contribution >= 0.6 is 0 Å². The highest BCUT2D eigenvalue weighted by Crippen LogP contribution is 2.24. The number of nitrogens with one attached hydrogen (secondary N) is 2. The van der Waals surface area contributed by atoms with Gasteiger partial charge in [-0.1, -0.05) is 0 Å². The Morgan fingerprint density at radius 3 is 2.95 bits per heavy atom. The van der Waals surface area contributed by atoms with Gasteiger partial charge in [0.25, 0.3) is 0 Å². The summed E-state index contributed by atoms with van der Waals surface area (Å²) in [7, 11) is 1.62. The van der Waals surface area contributed by atoms with E-state index in [2.05, 4.69) is 15.5 Å². The van der Waals surface area contributed by atoms with E-state index in [0.29, 0.717) is 31.0 Å². The lowest BCUT2D eigenvalue weighted by atomic mass is 10.1. The Bertz CT molecular complexity index is 542. The summed E-state index contributed by atoms with van der Waals surface area (Å²) in [5, 5.41) is 9.79. The molecule has 0 atom stereocenters. The molecule has 0 radical (unpaired) electrons. The van der Waals surface area contributed by atoms with Crippen molar-refractivity contribution in [1.82, 2.24) is 15.5 Å². The van der Waals surface area contributed by atoms with E-state index in [4.69, 9.17) is 4.74 Å². The van der Waals surface area contributed by atoms with Crippen molar-refractivity contribution in [3.63, 3.8) is 0 Å². The fourth-order valence-electron chi connectivity index (χ4n) is 1.77. The molecule has 0 saturated heterocycles. The van der Waals surface area contributed by atoms with Gasteiger partial charge in [-0.3, -0.25) is 5.10 Å². The predicted octanol–water partition coefficient (Wildman–Crippen LogP) is 2.09. The van der Waals surface area contributed by atoms with Gasteiger partial charge in [0, 0.05) is 37.4 Å². The summed E-state index contributed by atoms with van der Waals surface area (Å²) < 4.78 is 31.5. The number of benzene rings is 1. The highest BCUT2D eigenvalue weighted by atomic mass is 19.1. The van der Waals surface area contributed by atoms with Crippen molar-refractivity contribution in [2.45, 2.75) is 6.54 Å². The average molecular weight is 267 g/mol. The van der Waals surface area contributed by atoms with E-state index in [1.807, 2.05) is 0 Å². The predicted molar refractivity (Wildman–Crippen MR) is 67.5 cm³/mol. The van der Waals surface area contributed by atoms with Gasteiger partial charge in [-0.15, -0.1) is 0 Å². The van der Waals surface area contributed by atoms with Gasteiger partial charge in [-0.05, 0) is 12.1 Å². The summed E-state index contributed by atoms with van der Waals surface area (Å²) in [4.78, 5) is 0. The normalized spacial score (nSPS) is 10.9. The number of aromatic nitrogens is 2. The zero-order chi connectivity index (χ0) is 13.7. The first-order valence-electron chi connectivity index (χ1n) is 5.89. The maximum Gasteiger partial charge on any atom is 0.135 e. The van der Waals surface area contributed by atoms with Crippen LogP contribution in [0.5, 0.6) is 0 Å². The Kier molecular flexibility index (Phi) is 4.59. The van der Waals surface area contributed by atoms with Crippen molar-refractivity contribution in [2.75, 3.05) is 20.3 Å². The van der Waals surface area contributed by atoms with Crippen LogP contribution in [0, 0.1) is 11.6 Å². The fraction of sp³-hybridized carbons (Fsp3) is 0.308. The van der Waals surface area contributed by atoms with Crippen molar-refractivity contribution in [3.05, 3.63) is 41.6 Å². The molecule has 0 aliphatic heterocycles. The minimum atomic E-state index is -0.609. The van der Waals surface area contributed by atoms with Gasteiger partial charge in [0.05, 0.1) is 18.5 Å². The summed E-state index contributed by atoms with van der Waals surface area (Å²) in [6.07, 6.45) is 1.62. The molecule has 102 valence electrons. The molecule has 1 aromatic carbocycles. The number of halogens is 2. The van der Waals surface area contributed by atoms with Gasteiger partial charge in [-0.2, -0.15) is 5.10 Å². The number of methoxy groups -OCH3 is 1. The van der Waals surface area contributed by atoms with Crippen molar-refractivity contribution >= 4 is 0 Å². The molecule has 19 heavy (non-hydrogen) atoms. The number of hydrogen-bond donors (Lipinski definition) is 2. The Hall–Kier alpha value is -1.79. The molecule has 4 nitrogen and oxygen atoms in total. The van der Waals surface area contributed by atoms with Crippen molar-refractivity contribution < 1.29 is 13.5 Å². The third-order valence-electron chi connectivity index (χ3n) is 2.72. The molecule has 0 spiro atoms. The molecule has 2 aromatic rings. The summed E-state index contributed by atoms with van der Waals surface area (Å²) >= 11 is 0. The van der Waals surface area contributed by atoms with E-state index in [-0.39, 0.29) is 0 Å². The molecule has 0 amide bonds. The molecule has 0 fully saturated rings. The zero-order valence-corrected chi connectivity index (χ0v) is 10.5. The highest BCUT2D eigenvalue weighted by molar-refractivity contribution is 5.63. The Labute approximate surface area is 109 Å². The first kappa shape index (κ1) is 13.6. The molecular weight excluding hydrogens is 252 g/mol. The number of aromatic amines is 1. The number of nitrogens with zero attached hydrogens (tertiary/aromatic N) is 1. The second-order valence-electron chi connectivity index (χ2n) is 4.06. The van der Waals surface area contributed by atoms with E-state index in [1.165, 1.54) is 12.1 Å². The van der Waals surface area contributed by atoms with E-state index in [9.17, 15) is 8.78 Å². The van der Waals surface area contributed by atoms with Crippen molar-refractivity contribution in [1.29, 1.82) is 0 Å². The van der Waals surface area contributed by atoms with Crippen LogP contribution in [-0.4, -0.2) is 30.5 Å². The van der Waals surface area contributed by atoms with Crippen LogP contribution in [-0.2, 0) is 11.3 Å². The largest absolute Gasteiger partial charge is 0.383 e. The summed E-state index contributed by atoms with van der Waals surface area (Å²) in [6.45, 7) is 1.82. The number of H-pyrrole nitrogens is 1. The average Bonchev–Trinajstić information content (AvgIpc) is 2.83. The zero-order valence-electron chi connectivity index (χ0n) is 10.5. The minimum Gasteiger partial charge on any atom is -0.383 e. The van der Waals surface area contributed by atoms with Crippen LogP contribution < -0.4 is 5.32 Å². The Balaban J connectivity index is 2.14. The van der Waals surface area contributed by atoms with Gasteiger partial charge < -0.3 is 10.1 Å². The van der Waals surface area contributed by atoms with Gasteiger partial charge in [-0.25, -0.2) is 8.78 Å². The molecule has 1 heterocycles. The second kappa shape index (κ2) is 6.40. The molecular formula is C13H15F2N3O. The van der Waals surface area contributed by atoms with Gasteiger partial charge in [0.2, 0.25) is 0 Å². The molecule has 0 aliphatic carbocycles. The van der Waals surface area contributed by atoms with Gasteiger partial charge in [0.1, 0.15) is 11.6 Å². The van der Waals surface area contributed by atoms with E-state index < -0.39 is 11.6 Å². The van der Waals surface area contributed by atoms with Crippen molar-refractivity contribution in [3.8, 4) is 11.3 Å². The molecule has 0 saturated carbocycles. The second-order valence-corrected chi connectivity index (χ2v) is 4.06. The van der Waals surface area contributed by atoms with Crippen LogP contribution in [0.25, 0.3) is 11.3 Å². The first-order chi connectivity index (χ1) is 9.22. The number of ether oxygens (including phenoxy) is 1. The minimum absolute atomic E-state index is 0.308. The molecule has 0 unspecified atom stereocenters. The lowest BCUT2D eigenvalue weighted by molar-refractivity contribution is 0.199. The molecule has 2 rings (SSSR count). The summed E-state index contributed by atoms with van der Waals surface area (Å²) in [5.41, 5.74) is 1.69. The van der Waals surface area contributed by atoms with Crippen LogP contribution in [0.2, 0.25) is 0 Å². The first-order valence-corrected chi connectivity index (χ1v) is 5.89. The smallest absolute Gasteiger partial charge is 0.135 e. The maximum absolute atomic E-state index is 13.7. The lowest BCUT2D eigenvalue weighted by Crippen LogP contribution is -2.18. The summed E-state index contributed by atoms with van der Waals surface area (Å²) in [6, 6.07) is 3.48. The quantitative estimate of drug-likeness (QED) is 0.788. The highest BCUT2D eigenvalue weighted by Gasteiger charge is 2.12. The molecule has 2 N–H and O–H groups in total. The van der Waals surface area contributed by atoms with Crippen molar-refractivity contribution in [2.24, 2.45) is 0 Å². The van der Waals surface area contributed by atoms with E-state index in [1.54, 1.807) is 13.3 Å². The van der Waals surface area contributed by atoms with E-state index in [0.717, 1.165) is 11.6 Å². The number of rotatable bonds is 6. The molecule has 0 aliphatic rings. The summed E-state index contributed by atoms with van der Waals surface area (Å²) in [5.74, 6) is -1.21. The third-order valence-corrected chi connectivity index (χ3v) is 2.72. The maximum atomic E-state index is 13.7. The van der Waals surface area contributed by atoms with Crippen LogP contribution in [0.15, 0.2) is 24.4 Å². The Morgan fingerprint density at radius 2 is 2.21 bits per heavy atom. The SMILES string of the molecule is COCCNCc1cn[nH]c1-c1ccc(F)cc1F. The molecule has 6 heteroatoms. The fourth-order valence-corrected chi connectivity index (χ4v) is 1.77. The topological polar surface area (TPSA) is 49.9 Å². The molecule has 0 bridgehead atoms. The molecule has 1 aromatic heterocycles. The van der Waals surface area contributed by atoms with Crippen LogP contribution in [0.3, 0.4) is 0 Å². The van der Waals surface area contributed by atoms with Gasteiger partial charge in [0.15, 0.2) is 0 Å². The standard InChI is InChI=1S/C13H15F2N3O/c1-19-5-4-16-7-9-8-17-18-13(9)11-3-2-10(14)6-12(11)15/h2-3,6,8,16H,4-5,7H2,1H3,(H,17,18). The monoisotopic (exact) mass is 267 g/mol. The lowest BCUT2D eigenvalue weighted by Gasteiger charge is -2.06. The van der Waals surface area contributed by atoms with E-state index >= 15 is 0 Å².